The number of piperidine rings is 1. The molecule has 2 aromatic heterocycles. The SMILES string of the molecule is CCNC(=NCc1ccsc1)NCc1cccnc1N1CCC(C(N)=O)CC1.I. The van der Waals surface area contributed by atoms with Crippen LogP contribution in [-0.4, -0.2) is 36.5 Å². The molecule has 0 spiro atoms. The average Bonchev–Trinajstić information content (AvgIpc) is 3.24. The summed E-state index contributed by atoms with van der Waals surface area (Å²) in [4.78, 5) is 22.9. The van der Waals surface area contributed by atoms with Crippen LogP contribution in [-0.2, 0) is 17.9 Å². The lowest BCUT2D eigenvalue weighted by Gasteiger charge is -2.32. The standard InChI is InChI=1S/C20H28N6OS.HI/c1-2-22-20(24-12-15-7-11-28-14-15)25-13-17-4-3-8-23-19(17)26-9-5-16(6-10-26)18(21)27;/h3-4,7-8,11,14,16H,2,5-6,9-10,12-13H2,1H3,(H2,21,27)(H2,22,24,25);1H. The van der Waals surface area contributed by atoms with Gasteiger partial charge in [-0.15, -0.1) is 24.0 Å². The van der Waals surface area contributed by atoms with E-state index in [0.29, 0.717) is 13.1 Å². The van der Waals surface area contributed by atoms with Gasteiger partial charge in [0.15, 0.2) is 5.96 Å². The number of amides is 1. The van der Waals surface area contributed by atoms with Gasteiger partial charge in [-0.2, -0.15) is 11.3 Å². The van der Waals surface area contributed by atoms with Crippen LogP contribution in [0.2, 0.25) is 0 Å². The molecule has 3 rings (SSSR count). The summed E-state index contributed by atoms with van der Waals surface area (Å²) in [6, 6.07) is 6.12. The smallest absolute Gasteiger partial charge is 0.220 e. The summed E-state index contributed by atoms with van der Waals surface area (Å²) in [6.45, 7) is 5.73. The minimum absolute atomic E-state index is 0. The molecule has 0 aromatic carbocycles. The highest BCUT2D eigenvalue weighted by Crippen LogP contribution is 2.24. The van der Waals surface area contributed by atoms with Crippen molar-refractivity contribution in [1.82, 2.24) is 15.6 Å². The number of aromatic nitrogens is 1. The molecule has 1 fully saturated rings. The van der Waals surface area contributed by atoms with E-state index in [1.165, 1.54) is 5.56 Å². The Kier molecular flexibility index (Phi) is 9.65. The van der Waals surface area contributed by atoms with Crippen LogP contribution >= 0.6 is 35.3 Å². The zero-order valence-electron chi connectivity index (χ0n) is 16.6. The van der Waals surface area contributed by atoms with E-state index in [2.05, 4.69) is 55.3 Å². The fourth-order valence-corrected chi connectivity index (χ4v) is 3.96. The summed E-state index contributed by atoms with van der Waals surface area (Å²) < 4.78 is 0. The van der Waals surface area contributed by atoms with E-state index >= 15 is 0 Å². The number of primary amides is 1. The number of pyridine rings is 1. The van der Waals surface area contributed by atoms with Crippen LogP contribution in [0.4, 0.5) is 5.82 Å². The molecular weight excluding hydrogens is 499 g/mol. The first kappa shape index (κ1) is 23.4. The Bertz CT molecular complexity index is 790. The molecule has 7 nitrogen and oxygen atoms in total. The summed E-state index contributed by atoms with van der Waals surface area (Å²) in [5, 5.41) is 10.9. The van der Waals surface area contributed by atoms with Crippen molar-refractivity contribution < 1.29 is 4.79 Å². The molecule has 2 aromatic rings. The number of carbonyl (C=O) groups is 1. The van der Waals surface area contributed by atoms with Gasteiger partial charge >= 0.3 is 0 Å². The molecule has 9 heteroatoms. The average molecular weight is 528 g/mol. The molecule has 158 valence electrons. The molecule has 0 saturated carbocycles. The van der Waals surface area contributed by atoms with E-state index in [1.807, 2.05) is 12.3 Å². The van der Waals surface area contributed by atoms with Crippen molar-refractivity contribution in [3.63, 3.8) is 0 Å². The number of aliphatic imine (C=N–C) groups is 1. The van der Waals surface area contributed by atoms with E-state index in [4.69, 9.17) is 5.73 Å². The van der Waals surface area contributed by atoms with E-state index in [-0.39, 0.29) is 35.8 Å². The molecule has 0 radical (unpaired) electrons. The van der Waals surface area contributed by atoms with Crippen LogP contribution in [0, 0.1) is 5.92 Å². The summed E-state index contributed by atoms with van der Waals surface area (Å²) in [5.41, 5.74) is 7.77. The van der Waals surface area contributed by atoms with Crippen molar-refractivity contribution in [2.24, 2.45) is 16.6 Å². The van der Waals surface area contributed by atoms with Gasteiger partial charge in [-0.05, 0) is 48.2 Å². The zero-order chi connectivity index (χ0) is 19.8. The zero-order valence-corrected chi connectivity index (χ0v) is 19.8. The Morgan fingerprint density at radius 2 is 2.14 bits per heavy atom. The molecule has 3 heterocycles. The number of nitrogens with zero attached hydrogens (tertiary/aromatic N) is 3. The topological polar surface area (TPSA) is 95.6 Å². The summed E-state index contributed by atoms with van der Waals surface area (Å²) >= 11 is 1.68. The van der Waals surface area contributed by atoms with E-state index in [9.17, 15) is 4.79 Å². The van der Waals surface area contributed by atoms with Crippen molar-refractivity contribution in [1.29, 1.82) is 0 Å². The van der Waals surface area contributed by atoms with Gasteiger partial charge in [0, 0.05) is 43.9 Å². The largest absolute Gasteiger partial charge is 0.369 e. The van der Waals surface area contributed by atoms with Gasteiger partial charge in [0.1, 0.15) is 5.82 Å². The second-order valence-electron chi connectivity index (χ2n) is 6.83. The van der Waals surface area contributed by atoms with Crippen LogP contribution in [0.15, 0.2) is 40.1 Å². The van der Waals surface area contributed by atoms with Crippen LogP contribution in [0.25, 0.3) is 0 Å². The minimum Gasteiger partial charge on any atom is -0.369 e. The predicted molar refractivity (Wildman–Crippen MR) is 130 cm³/mol. The van der Waals surface area contributed by atoms with E-state index in [0.717, 1.165) is 49.8 Å². The monoisotopic (exact) mass is 528 g/mol. The maximum Gasteiger partial charge on any atom is 0.220 e. The van der Waals surface area contributed by atoms with Crippen LogP contribution < -0.4 is 21.3 Å². The number of guanidine groups is 1. The van der Waals surface area contributed by atoms with Gasteiger partial charge in [0.2, 0.25) is 5.91 Å². The van der Waals surface area contributed by atoms with Gasteiger partial charge in [-0.25, -0.2) is 9.98 Å². The molecule has 29 heavy (non-hydrogen) atoms. The Labute approximate surface area is 193 Å². The van der Waals surface area contributed by atoms with Crippen molar-refractivity contribution in [2.75, 3.05) is 24.5 Å². The molecule has 0 atom stereocenters. The number of carbonyl (C=O) groups excluding carboxylic acids is 1. The van der Waals surface area contributed by atoms with Gasteiger partial charge in [0.05, 0.1) is 6.54 Å². The molecule has 1 amide bonds. The van der Waals surface area contributed by atoms with Gasteiger partial charge in [-0.3, -0.25) is 4.79 Å². The third-order valence-electron chi connectivity index (χ3n) is 4.85. The molecule has 0 bridgehead atoms. The lowest BCUT2D eigenvalue weighted by atomic mass is 9.96. The number of nitrogens with two attached hydrogens (primary N) is 1. The molecule has 1 aliphatic rings. The first-order valence-electron chi connectivity index (χ1n) is 9.68. The maximum atomic E-state index is 11.4. The highest BCUT2D eigenvalue weighted by Gasteiger charge is 2.24. The number of nitrogens with one attached hydrogen (secondary N) is 2. The highest BCUT2D eigenvalue weighted by atomic mass is 127. The Morgan fingerprint density at radius 3 is 2.79 bits per heavy atom. The number of rotatable bonds is 7. The predicted octanol–water partition coefficient (Wildman–Crippen LogP) is 2.72. The van der Waals surface area contributed by atoms with E-state index < -0.39 is 0 Å². The summed E-state index contributed by atoms with van der Waals surface area (Å²) in [6.07, 6.45) is 3.38. The number of thiophene rings is 1. The summed E-state index contributed by atoms with van der Waals surface area (Å²) in [7, 11) is 0. The maximum absolute atomic E-state index is 11.4. The van der Waals surface area contributed by atoms with E-state index in [1.54, 1.807) is 11.3 Å². The number of hydrogen-bond donors (Lipinski definition) is 3. The van der Waals surface area contributed by atoms with Gasteiger partial charge < -0.3 is 21.3 Å². The highest BCUT2D eigenvalue weighted by molar-refractivity contribution is 14.0. The van der Waals surface area contributed by atoms with Gasteiger partial charge in [-0.1, -0.05) is 6.07 Å². The Balaban J connectivity index is 0.00000300. The van der Waals surface area contributed by atoms with Crippen molar-refractivity contribution in [3.8, 4) is 0 Å². The van der Waals surface area contributed by atoms with Gasteiger partial charge in [0.25, 0.3) is 0 Å². The van der Waals surface area contributed by atoms with Crippen LogP contribution in [0.5, 0.6) is 0 Å². The van der Waals surface area contributed by atoms with Crippen LogP contribution in [0.1, 0.15) is 30.9 Å². The Morgan fingerprint density at radius 1 is 1.34 bits per heavy atom. The molecule has 0 aliphatic carbocycles. The molecular formula is C20H29IN6OS. The first-order chi connectivity index (χ1) is 13.7. The minimum atomic E-state index is -0.195. The third kappa shape index (κ3) is 6.84. The lowest BCUT2D eigenvalue weighted by Crippen LogP contribution is -2.40. The van der Waals surface area contributed by atoms with Crippen molar-refractivity contribution in [2.45, 2.75) is 32.9 Å². The normalized spacial score (nSPS) is 14.9. The lowest BCUT2D eigenvalue weighted by molar-refractivity contribution is -0.122. The first-order valence-corrected chi connectivity index (χ1v) is 10.6. The summed E-state index contributed by atoms with van der Waals surface area (Å²) in [5.74, 6) is 1.54. The third-order valence-corrected chi connectivity index (χ3v) is 5.59. The number of halogens is 1. The number of anilines is 1. The molecule has 4 N–H and O–H groups in total. The van der Waals surface area contributed by atoms with Crippen molar-refractivity contribution in [3.05, 3.63) is 46.3 Å². The molecule has 0 unspecified atom stereocenters. The Hall–Kier alpha value is -1.88. The fraction of sp³-hybridized carbons (Fsp3) is 0.450. The fourth-order valence-electron chi connectivity index (χ4n) is 3.30. The quantitative estimate of drug-likeness (QED) is 0.292. The van der Waals surface area contributed by atoms with Crippen LogP contribution in [0.3, 0.4) is 0 Å². The van der Waals surface area contributed by atoms with Crippen molar-refractivity contribution >= 4 is 53.0 Å². The molecule has 1 aliphatic heterocycles. The second kappa shape index (κ2) is 12.0. The number of hydrogen-bond acceptors (Lipinski definition) is 5. The second-order valence-corrected chi connectivity index (χ2v) is 7.61. The molecule has 1 saturated heterocycles.